The maximum Gasteiger partial charge on any atom is 0.188 e. The van der Waals surface area contributed by atoms with Gasteiger partial charge in [0.05, 0.1) is 21.4 Å². The van der Waals surface area contributed by atoms with Gasteiger partial charge in [0.25, 0.3) is 0 Å². The van der Waals surface area contributed by atoms with Gasteiger partial charge in [0.15, 0.2) is 5.13 Å². The third-order valence-corrected chi connectivity index (χ3v) is 5.77. The Morgan fingerprint density at radius 1 is 1.35 bits per heavy atom. The molecule has 0 atom stereocenters. The molecule has 0 bridgehead atoms. The molecule has 0 amide bonds. The van der Waals surface area contributed by atoms with Crippen LogP contribution < -0.4 is 11.1 Å². The molecule has 140 valence electrons. The van der Waals surface area contributed by atoms with E-state index in [1.54, 1.807) is 23.1 Å². The molecule has 0 radical (unpaired) electrons. The monoisotopic (exact) mass is 408 g/mol. The smallest absolute Gasteiger partial charge is 0.188 e. The SMILES string of the molecule is CC/C=C(\N)SC(=C(C)C)c1csc(Nc2ccc(Cl)c(C(C)C)n2)n1. The molecule has 4 nitrogen and oxygen atoms in total. The summed E-state index contributed by atoms with van der Waals surface area (Å²) in [5.41, 5.74) is 9.07. The molecule has 2 aromatic rings. The minimum atomic E-state index is 0.262. The molecule has 2 heterocycles. The van der Waals surface area contributed by atoms with Crippen molar-refractivity contribution in [3.05, 3.63) is 50.6 Å². The molecule has 0 aliphatic carbocycles. The first-order valence-electron chi connectivity index (χ1n) is 8.52. The van der Waals surface area contributed by atoms with Gasteiger partial charge in [0, 0.05) is 10.3 Å². The Morgan fingerprint density at radius 2 is 2.08 bits per heavy atom. The highest BCUT2D eigenvalue weighted by molar-refractivity contribution is 8.11. The first-order valence-corrected chi connectivity index (χ1v) is 10.6. The number of hydrogen-bond acceptors (Lipinski definition) is 6. The summed E-state index contributed by atoms with van der Waals surface area (Å²) in [7, 11) is 0. The summed E-state index contributed by atoms with van der Waals surface area (Å²) in [5.74, 6) is 1.01. The van der Waals surface area contributed by atoms with Crippen molar-refractivity contribution >= 4 is 50.6 Å². The van der Waals surface area contributed by atoms with Crippen molar-refractivity contribution in [1.82, 2.24) is 9.97 Å². The van der Waals surface area contributed by atoms with Crippen molar-refractivity contribution in [1.29, 1.82) is 0 Å². The fourth-order valence-electron chi connectivity index (χ4n) is 2.25. The van der Waals surface area contributed by atoms with Crippen LogP contribution in [0.25, 0.3) is 4.91 Å². The van der Waals surface area contributed by atoms with Crippen LogP contribution in [0.4, 0.5) is 10.9 Å². The Labute approximate surface area is 169 Å². The first-order chi connectivity index (χ1) is 12.3. The first kappa shape index (κ1) is 20.8. The van der Waals surface area contributed by atoms with Gasteiger partial charge in [0.1, 0.15) is 5.82 Å². The van der Waals surface area contributed by atoms with Crippen LogP contribution in [0.1, 0.15) is 58.3 Å². The molecular formula is C19H25ClN4S2. The van der Waals surface area contributed by atoms with E-state index in [-0.39, 0.29) is 5.92 Å². The molecule has 0 aromatic carbocycles. The van der Waals surface area contributed by atoms with Crippen LogP contribution in [0.3, 0.4) is 0 Å². The molecule has 0 unspecified atom stereocenters. The van der Waals surface area contributed by atoms with Gasteiger partial charge in [-0.1, -0.05) is 55.8 Å². The van der Waals surface area contributed by atoms with Crippen molar-refractivity contribution in [2.24, 2.45) is 5.73 Å². The second-order valence-corrected chi connectivity index (χ2v) is 8.68. The van der Waals surface area contributed by atoms with Gasteiger partial charge < -0.3 is 11.1 Å². The van der Waals surface area contributed by atoms with Gasteiger partial charge in [-0.05, 0) is 38.3 Å². The molecule has 3 N–H and O–H groups in total. The molecule has 2 aromatic heterocycles. The number of allylic oxidation sites excluding steroid dienone is 2. The number of nitrogens with zero attached hydrogens (tertiary/aromatic N) is 2. The van der Waals surface area contributed by atoms with Gasteiger partial charge in [-0.2, -0.15) is 0 Å². The summed E-state index contributed by atoms with van der Waals surface area (Å²) in [5, 5.41) is 7.60. The summed E-state index contributed by atoms with van der Waals surface area (Å²) in [6, 6.07) is 3.74. The number of halogens is 1. The quantitative estimate of drug-likeness (QED) is 0.530. The van der Waals surface area contributed by atoms with E-state index in [1.807, 2.05) is 23.6 Å². The highest BCUT2D eigenvalue weighted by Crippen LogP contribution is 2.36. The van der Waals surface area contributed by atoms with E-state index < -0.39 is 0 Å². The van der Waals surface area contributed by atoms with E-state index in [2.05, 4.69) is 44.9 Å². The number of nitrogens with one attached hydrogen (secondary N) is 1. The Balaban J connectivity index is 2.23. The maximum absolute atomic E-state index is 6.22. The number of rotatable bonds is 7. The Kier molecular flexibility index (Phi) is 7.55. The van der Waals surface area contributed by atoms with Gasteiger partial charge in [-0.15, -0.1) is 11.3 Å². The number of thioether (sulfide) groups is 1. The predicted molar refractivity (Wildman–Crippen MR) is 117 cm³/mol. The lowest BCUT2D eigenvalue weighted by atomic mass is 10.1. The van der Waals surface area contributed by atoms with Gasteiger partial charge >= 0.3 is 0 Å². The van der Waals surface area contributed by atoms with Gasteiger partial charge in [0.2, 0.25) is 0 Å². The van der Waals surface area contributed by atoms with Crippen LogP contribution in [0.5, 0.6) is 0 Å². The van der Waals surface area contributed by atoms with Crippen molar-refractivity contribution in [2.75, 3.05) is 5.32 Å². The Morgan fingerprint density at radius 3 is 2.69 bits per heavy atom. The normalized spacial score (nSPS) is 11.7. The summed E-state index contributed by atoms with van der Waals surface area (Å²) in [6.45, 7) is 10.4. The standard InChI is InChI=1S/C19H25ClN4S2/c1-6-7-15(21)26-18(12(4)5)14-10-25-19(22-14)24-16-9-8-13(20)17(23-16)11(2)3/h7-11H,6,21H2,1-5H3,(H,22,23,24)/b15-7+. The van der Waals surface area contributed by atoms with Crippen molar-refractivity contribution in [3.8, 4) is 0 Å². The van der Waals surface area contributed by atoms with E-state index in [4.69, 9.17) is 22.3 Å². The molecule has 0 aliphatic rings. The minimum Gasteiger partial charge on any atom is -0.394 e. The van der Waals surface area contributed by atoms with E-state index >= 15 is 0 Å². The van der Waals surface area contributed by atoms with Crippen LogP contribution >= 0.6 is 34.7 Å². The van der Waals surface area contributed by atoms with Crippen LogP contribution in [0.2, 0.25) is 5.02 Å². The molecule has 2 rings (SSSR count). The Hall–Kier alpha value is -1.50. The van der Waals surface area contributed by atoms with Crippen molar-refractivity contribution in [3.63, 3.8) is 0 Å². The molecule has 0 saturated heterocycles. The molecule has 26 heavy (non-hydrogen) atoms. The fraction of sp³-hybridized carbons (Fsp3) is 0.368. The van der Waals surface area contributed by atoms with E-state index in [9.17, 15) is 0 Å². The zero-order valence-electron chi connectivity index (χ0n) is 15.8. The fourth-order valence-corrected chi connectivity index (χ4v) is 4.25. The van der Waals surface area contributed by atoms with E-state index in [0.29, 0.717) is 5.02 Å². The molecule has 7 heteroatoms. The predicted octanol–water partition coefficient (Wildman–Crippen LogP) is 6.75. The van der Waals surface area contributed by atoms with Crippen LogP contribution in [-0.2, 0) is 0 Å². The lowest BCUT2D eigenvalue weighted by Crippen LogP contribution is -1.99. The summed E-state index contributed by atoms with van der Waals surface area (Å²) < 4.78 is 0. The molecule has 0 saturated carbocycles. The zero-order valence-corrected chi connectivity index (χ0v) is 18.1. The minimum absolute atomic E-state index is 0.262. The molecule has 0 fully saturated rings. The van der Waals surface area contributed by atoms with Crippen LogP contribution in [0, 0.1) is 0 Å². The molecule has 0 spiro atoms. The van der Waals surface area contributed by atoms with Gasteiger partial charge in [-0.3, -0.25) is 0 Å². The number of hydrogen-bond donors (Lipinski definition) is 2. The maximum atomic E-state index is 6.22. The molecular weight excluding hydrogens is 384 g/mol. The Bertz CT molecular complexity index is 821. The van der Waals surface area contributed by atoms with Crippen LogP contribution in [-0.4, -0.2) is 9.97 Å². The number of nitrogens with two attached hydrogens (primary N) is 1. The largest absolute Gasteiger partial charge is 0.394 e. The van der Waals surface area contributed by atoms with Gasteiger partial charge in [-0.25, -0.2) is 9.97 Å². The van der Waals surface area contributed by atoms with Crippen molar-refractivity contribution < 1.29 is 0 Å². The average Bonchev–Trinajstić information content (AvgIpc) is 3.02. The highest BCUT2D eigenvalue weighted by atomic mass is 35.5. The summed E-state index contributed by atoms with van der Waals surface area (Å²) >= 11 is 9.33. The number of aromatic nitrogens is 2. The molecule has 0 aliphatic heterocycles. The number of thiazole rings is 1. The lowest BCUT2D eigenvalue weighted by Gasteiger charge is -2.10. The number of pyridine rings is 1. The van der Waals surface area contributed by atoms with Crippen molar-refractivity contribution in [2.45, 2.75) is 47.0 Å². The topological polar surface area (TPSA) is 63.8 Å². The summed E-state index contributed by atoms with van der Waals surface area (Å²) in [6.07, 6.45) is 2.93. The lowest BCUT2D eigenvalue weighted by molar-refractivity contribution is 0.825. The van der Waals surface area contributed by atoms with Crippen LogP contribution in [0.15, 0.2) is 34.2 Å². The van der Waals surface area contributed by atoms with E-state index in [1.165, 1.54) is 5.57 Å². The second kappa shape index (κ2) is 9.44. The van der Waals surface area contributed by atoms with E-state index in [0.717, 1.165) is 38.7 Å². The third kappa shape index (κ3) is 5.50. The number of anilines is 2. The average molecular weight is 409 g/mol. The highest BCUT2D eigenvalue weighted by Gasteiger charge is 2.13. The zero-order chi connectivity index (χ0) is 19.3. The second-order valence-electron chi connectivity index (χ2n) is 6.33. The third-order valence-electron chi connectivity index (χ3n) is 3.47. The summed E-state index contributed by atoms with van der Waals surface area (Å²) in [4.78, 5) is 10.4.